The van der Waals surface area contributed by atoms with Crippen LogP contribution in [-0.2, 0) is 11.2 Å². The van der Waals surface area contributed by atoms with Crippen molar-refractivity contribution in [1.29, 1.82) is 0 Å². The number of hydrogen-bond donors (Lipinski definition) is 2. The maximum atomic E-state index is 11.9. The molecule has 2 N–H and O–H groups in total. The number of rotatable bonds is 7. The molecule has 0 saturated heterocycles. The summed E-state index contributed by atoms with van der Waals surface area (Å²) in [6.07, 6.45) is 1.96. The summed E-state index contributed by atoms with van der Waals surface area (Å²) in [5, 5.41) is 13.8. The molecule has 0 bridgehead atoms. The second-order valence-corrected chi connectivity index (χ2v) is 8.48. The van der Waals surface area contributed by atoms with E-state index in [1.54, 1.807) is 11.3 Å². The Bertz CT molecular complexity index is 503. The molecule has 0 radical (unpaired) electrons. The minimum absolute atomic E-state index is 0.00825. The van der Waals surface area contributed by atoms with Crippen LogP contribution in [0.15, 0.2) is 0 Å². The van der Waals surface area contributed by atoms with Crippen molar-refractivity contribution in [1.82, 2.24) is 10.3 Å². The molecule has 1 aromatic heterocycles. The van der Waals surface area contributed by atoms with Gasteiger partial charge in [0.2, 0.25) is 0 Å². The second kappa shape index (κ2) is 8.11. The van der Waals surface area contributed by atoms with Crippen LogP contribution in [-0.4, -0.2) is 34.9 Å². The first kappa shape index (κ1) is 19.9. The molecule has 132 valence electrons. The van der Waals surface area contributed by atoms with Crippen molar-refractivity contribution in [2.45, 2.75) is 66.4 Å². The maximum Gasteiger partial charge on any atom is 0.407 e. The van der Waals surface area contributed by atoms with Crippen molar-refractivity contribution < 1.29 is 14.6 Å². The van der Waals surface area contributed by atoms with Crippen molar-refractivity contribution in [3.63, 3.8) is 0 Å². The number of aryl methyl sites for hydroxylation is 2. The van der Waals surface area contributed by atoms with Crippen molar-refractivity contribution in [3.05, 3.63) is 15.6 Å². The van der Waals surface area contributed by atoms with Crippen molar-refractivity contribution in [2.75, 3.05) is 13.2 Å². The summed E-state index contributed by atoms with van der Waals surface area (Å²) < 4.78 is 5.28. The molecule has 0 aliphatic carbocycles. The molecule has 1 unspecified atom stereocenters. The first-order chi connectivity index (χ1) is 10.6. The highest BCUT2D eigenvalue weighted by Crippen LogP contribution is 2.30. The van der Waals surface area contributed by atoms with E-state index in [9.17, 15) is 9.90 Å². The molecule has 6 heteroatoms. The zero-order valence-corrected chi connectivity index (χ0v) is 16.0. The van der Waals surface area contributed by atoms with Crippen LogP contribution in [0.1, 0.15) is 56.1 Å². The van der Waals surface area contributed by atoms with Gasteiger partial charge in [-0.2, -0.15) is 0 Å². The first-order valence-corrected chi connectivity index (χ1v) is 8.93. The van der Waals surface area contributed by atoms with Crippen LogP contribution in [0.5, 0.6) is 0 Å². The summed E-state index contributed by atoms with van der Waals surface area (Å²) in [5.41, 5.74) is 0.108. The summed E-state index contributed by atoms with van der Waals surface area (Å²) in [4.78, 5) is 17.7. The number of aliphatic hydroxyl groups excluding tert-OH is 1. The van der Waals surface area contributed by atoms with Gasteiger partial charge < -0.3 is 15.2 Å². The third kappa shape index (κ3) is 6.47. The minimum atomic E-state index is -0.528. The molecule has 0 aromatic carbocycles. The molecule has 5 nitrogen and oxygen atoms in total. The second-order valence-electron chi connectivity index (χ2n) is 7.19. The lowest BCUT2D eigenvalue weighted by Gasteiger charge is -2.31. The fraction of sp³-hybridized carbons (Fsp3) is 0.765. The van der Waals surface area contributed by atoms with E-state index in [-0.39, 0.29) is 6.61 Å². The highest BCUT2D eigenvalue weighted by Gasteiger charge is 2.31. The van der Waals surface area contributed by atoms with E-state index in [2.05, 4.69) is 24.1 Å². The molecule has 0 aliphatic rings. The topological polar surface area (TPSA) is 71.5 Å². The monoisotopic (exact) mass is 342 g/mol. The number of aliphatic hydroxyl groups is 1. The zero-order valence-electron chi connectivity index (χ0n) is 15.2. The Morgan fingerprint density at radius 3 is 2.43 bits per heavy atom. The van der Waals surface area contributed by atoms with Gasteiger partial charge in [0.25, 0.3) is 0 Å². The zero-order chi connectivity index (χ0) is 17.7. The van der Waals surface area contributed by atoms with Gasteiger partial charge in [0, 0.05) is 23.3 Å². The Labute approximate surface area is 143 Å². The number of alkyl carbamates (subject to hydrolysis) is 1. The molecular formula is C17H30N2O3S. The number of amides is 1. The quantitative estimate of drug-likeness (QED) is 0.794. The predicted octanol–water partition coefficient (Wildman–Crippen LogP) is 3.61. The highest BCUT2D eigenvalue weighted by molar-refractivity contribution is 7.11. The summed E-state index contributed by atoms with van der Waals surface area (Å²) in [6, 6.07) is 0. The van der Waals surface area contributed by atoms with E-state index < -0.39 is 17.1 Å². The Kier molecular flexibility index (Phi) is 7.02. The van der Waals surface area contributed by atoms with Crippen molar-refractivity contribution in [3.8, 4) is 0 Å². The lowest BCUT2D eigenvalue weighted by atomic mass is 9.81. The van der Waals surface area contributed by atoms with Crippen molar-refractivity contribution in [2.24, 2.45) is 5.41 Å². The van der Waals surface area contributed by atoms with Crippen LogP contribution in [0.2, 0.25) is 0 Å². The van der Waals surface area contributed by atoms with E-state index in [1.807, 2.05) is 27.7 Å². The van der Waals surface area contributed by atoms with Gasteiger partial charge in [-0.3, -0.25) is 0 Å². The molecule has 1 heterocycles. The molecular weight excluding hydrogens is 312 g/mol. The summed E-state index contributed by atoms with van der Waals surface area (Å²) >= 11 is 1.66. The van der Waals surface area contributed by atoms with Crippen LogP contribution >= 0.6 is 11.3 Å². The van der Waals surface area contributed by atoms with Gasteiger partial charge in [-0.05, 0) is 41.0 Å². The number of thiazole rings is 1. The van der Waals surface area contributed by atoms with Gasteiger partial charge in [-0.25, -0.2) is 9.78 Å². The Morgan fingerprint density at radius 1 is 1.35 bits per heavy atom. The van der Waals surface area contributed by atoms with E-state index in [0.717, 1.165) is 23.5 Å². The van der Waals surface area contributed by atoms with Crippen LogP contribution in [0, 0.1) is 19.3 Å². The minimum Gasteiger partial charge on any atom is -0.444 e. The van der Waals surface area contributed by atoms with Crippen molar-refractivity contribution >= 4 is 17.4 Å². The van der Waals surface area contributed by atoms with Gasteiger partial charge in [0.15, 0.2) is 0 Å². The molecule has 23 heavy (non-hydrogen) atoms. The number of aromatic nitrogens is 1. The van der Waals surface area contributed by atoms with Gasteiger partial charge in [-0.1, -0.05) is 13.3 Å². The molecule has 1 atom stereocenters. The lowest BCUT2D eigenvalue weighted by Crippen LogP contribution is -2.43. The molecule has 1 amide bonds. The summed E-state index contributed by atoms with van der Waals surface area (Å²) in [5.74, 6) is 0. The fourth-order valence-electron chi connectivity index (χ4n) is 2.47. The molecule has 0 saturated carbocycles. The molecule has 0 fully saturated rings. The van der Waals surface area contributed by atoms with Gasteiger partial charge in [-0.15, -0.1) is 11.3 Å². The average molecular weight is 343 g/mol. The third-order valence-corrected chi connectivity index (χ3v) is 4.79. The van der Waals surface area contributed by atoms with E-state index in [1.165, 1.54) is 4.88 Å². The maximum absolute atomic E-state index is 11.9. The SMILES string of the molecule is CCCC(CO)(CNC(=O)OC(C)(C)C)Cc1nc(C)c(C)s1. The predicted molar refractivity (Wildman–Crippen MR) is 94.0 cm³/mol. The fourth-order valence-corrected chi connectivity index (χ4v) is 3.58. The Hall–Kier alpha value is -1.14. The molecule has 0 aliphatic heterocycles. The molecule has 1 rings (SSSR count). The normalized spacial score (nSPS) is 14.4. The number of carbonyl (C=O) groups excluding carboxylic acids is 1. The van der Waals surface area contributed by atoms with E-state index in [4.69, 9.17) is 4.74 Å². The average Bonchev–Trinajstić information content (AvgIpc) is 2.73. The largest absolute Gasteiger partial charge is 0.444 e. The van der Waals surface area contributed by atoms with E-state index >= 15 is 0 Å². The first-order valence-electron chi connectivity index (χ1n) is 8.11. The smallest absolute Gasteiger partial charge is 0.407 e. The Morgan fingerprint density at radius 2 is 2.00 bits per heavy atom. The van der Waals surface area contributed by atoms with Gasteiger partial charge in [0.1, 0.15) is 5.60 Å². The number of nitrogens with zero attached hydrogens (tertiary/aromatic N) is 1. The van der Waals surface area contributed by atoms with Crippen LogP contribution in [0.25, 0.3) is 0 Å². The summed E-state index contributed by atoms with van der Waals surface area (Å²) in [7, 11) is 0. The van der Waals surface area contributed by atoms with Crippen LogP contribution in [0.4, 0.5) is 4.79 Å². The highest BCUT2D eigenvalue weighted by atomic mass is 32.1. The van der Waals surface area contributed by atoms with Gasteiger partial charge in [0.05, 0.1) is 17.3 Å². The number of nitrogens with one attached hydrogen (secondary N) is 1. The van der Waals surface area contributed by atoms with Crippen LogP contribution in [0.3, 0.4) is 0 Å². The third-order valence-electron chi connectivity index (χ3n) is 3.72. The lowest BCUT2D eigenvalue weighted by molar-refractivity contribution is 0.0455. The number of carbonyl (C=O) groups is 1. The van der Waals surface area contributed by atoms with Crippen LogP contribution < -0.4 is 5.32 Å². The number of hydrogen-bond acceptors (Lipinski definition) is 5. The van der Waals surface area contributed by atoms with E-state index in [0.29, 0.717) is 13.0 Å². The Balaban J connectivity index is 2.79. The summed E-state index contributed by atoms with van der Waals surface area (Å²) in [6.45, 7) is 12.0. The number of ether oxygens (including phenoxy) is 1. The van der Waals surface area contributed by atoms with Gasteiger partial charge >= 0.3 is 6.09 Å². The standard InChI is InChI=1S/C17H30N2O3S/c1-7-8-17(11-20,9-14-19-12(2)13(3)23-14)10-18-15(21)22-16(4,5)6/h20H,7-11H2,1-6H3,(H,18,21). The molecule has 1 aromatic rings. The molecule has 0 spiro atoms.